The second-order valence-corrected chi connectivity index (χ2v) is 3.14. The van der Waals surface area contributed by atoms with Crippen LogP contribution in [0.4, 0.5) is 0 Å². The highest BCUT2D eigenvalue weighted by atomic mass is 15.0. The summed E-state index contributed by atoms with van der Waals surface area (Å²) in [6, 6.07) is 0.572. The van der Waals surface area contributed by atoms with E-state index in [0.717, 1.165) is 5.92 Å². The van der Waals surface area contributed by atoms with Crippen molar-refractivity contribution >= 4 is 0 Å². The third kappa shape index (κ3) is 1.82. The molecular weight excluding hydrogens is 136 g/mol. The van der Waals surface area contributed by atoms with Crippen molar-refractivity contribution in [2.75, 3.05) is 0 Å². The zero-order valence-electron chi connectivity index (χ0n) is 7.49. The molecule has 0 radical (unpaired) electrons. The van der Waals surface area contributed by atoms with Gasteiger partial charge in [-0.3, -0.25) is 0 Å². The summed E-state index contributed by atoms with van der Waals surface area (Å²) >= 11 is 0. The maximum Gasteiger partial charge on any atom is 0.0948 e. The molecule has 11 heavy (non-hydrogen) atoms. The van der Waals surface area contributed by atoms with Crippen molar-refractivity contribution in [2.24, 2.45) is 5.92 Å². The first-order valence-electron chi connectivity index (χ1n) is 4.23. The molecule has 0 bridgehead atoms. The SMILES string of the molecule is CCC(C)C(C)n1ccnc1. The third-order valence-electron chi connectivity index (χ3n) is 2.46. The van der Waals surface area contributed by atoms with Crippen molar-refractivity contribution in [3.05, 3.63) is 18.7 Å². The molecule has 62 valence electrons. The molecule has 0 fully saturated rings. The van der Waals surface area contributed by atoms with E-state index in [2.05, 4.69) is 30.3 Å². The Morgan fingerprint density at radius 1 is 1.45 bits per heavy atom. The van der Waals surface area contributed by atoms with Crippen LogP contribution < -0.4 is 0 Å². The average Bonchev–Trinajstić information content (AvgIpc) is 2.53. The molecule has 0 amide bonds. The smallest absolute Gasteiger partial charge is 0.0948 e. The Balaban J connectivity index is 2.62. The van der Waals surface area contributed by atoms with Gasteiger partial charge >= 0.3 is 0 Å². The second-order valence-electron chi connectivity index (χ2n) is 3.14. The Kier molecular flexibility index (Phi) is 2.69. The lowest BCUT2D eigenvalue weighted by atomic mass is 10.0. The molecule has 1 aromatic rings. The fraction of sp³-hybridized carbons (Fsp3) is 0.667. The van der Waals surface area contributed by atoms with E-state index in [1.54, 1.807) is 0 Å². The molecule has 0 aromatic carbocycles. The summed E-state index contributed by atoms with van der Waals surface area (Å²) in [6.07, 6.45) is 6.96. The molecule has 1 heterocycles. The van der Waals surface area contributed by atoms with E-state index in [0.29, 0.717) is 6.04 Å². The van der Waals surface area contributed by atoms with Crippen molar-refractivity contribution in [2.45, 2.75) is 33.2 Å². The Bertz CT molecular complexity index is 191. The van der Waals surface area contributed by atoms with E-state index in [-0.39, 0.29) is 0 Å². The summed E-state index contributed by atoms with van der Waals surface area (Å²) in [5.41, 5.74) is 0. The maximum absolute atomic E-state index is 4.02. The summed E-state index contributed by atoms with van der Waals surface area (Å²) in [4.78, 5) is 4.02. The largest absolute Gasteiger partial charge is 0.334 e. The predicted molar refractivity (Wildman–Crippen MR) is 46.4 cm³/mol. The van der Waals surface area contributed by atoms with E-state index < -0.39 is 0 Å². The Morgan fingerprint density at radius 3 is 2.64 bits per heavy atom. The van der Waals surface area contributed by atoms with Gasteiger partial charge in [0.05, 0.1) is 6.33 Å². The summed E-state index contributed by atoms with van der Waals surface area (Å²) in [5, 5.41) is 0. The van der Waals surface area contributed by atoms with Crippen LogP contribution in [0.25, 0.3) is 0 Å². The van der Waals surface area contributed by atoms with Crippen LogP contribution in [0.2, 0.25) is 0 Å². The zero-order chi connectivity index (χ0) is 8.27. The van der Waals surface area contributed by atoms with Gasteiger partial charge in [0, 0.05) is 18.4 Å². The number of rotatable bonds is 3. The van der Waals surface area contributed by atoms with Crippen LogP contribution >= 0.6 is 0 Å². The van der Waals surface area contributed by atoms with Crippen molar-refractivity contribution < 1.29 is 0 Å². The monoisotopic (exact) mass is 152 g/mol. The molecule has 0 spiro atoms. The third-order valence-corrected chi connectivity index (χ3v) is 2.46. The minimum atomic E-state index is 0.572. The minimum absolute atomic E-state index is 0.572. The topological polar surface area (TPSA) is 17.8 Å². The van der Waals surface area contributed by atoms with E-state index in [4.69, 9.17) is 0 Å². The highest BCUT2D eigenvalue weighted by Gasteiger charge is 2.10. The second kappa shape index (κ2) is 3.56. The molecule has 2 nitrogen and oxygen atoms in total. The number of imidazole rings is 1. The molecule has 2 unspecified atom stereocenters. The van der Waals surface area contributed by atoms with E-state index in [9.17, 15) is 0 Å². The van der Waals surface area contributed by atoms with Gasteiger partial charge in [-0.25, -0.2) is 4.98 Å². The lowest BCUT2D eigenvalue weighted by molar-refractivity contribution is 0.370. The average molecular weight is 152 g/mol. The van der Waals surface area contributed by atoms with Gasteiger partial charge in [0.15, 0.2) is 0 Å². The van der Waals surface area contributed by atoms with Gasteiger partial charge in [-0.1, -0.05) is 20.3 Å². The van der Waals surface area contributed by atoms with Gasteiger partial charge in [-0.15, -0.1) is 0 Å². The van der Waals surface area contributed by atoms with Gasteiger partial charge in [0.25, 0.3) is 0 Å². The number of hydrogen-bond donors (Lipinski definition) is 0. The number of hydrogen-bond acceptors (Lipinski definition) is 1. The molecule has 0 aliphatic heterocycles. The fourth-order valence-corrected chi connectivity index (χ4v) is 1.15. The quantitative estimate of drug-likeness (QED) is 0.650. The minimum Gasteiger partial charge on any atom is -0.334 e. The lowest BCUT2D eigenvalue weighted by Crippen LogP contribution is -2.11. The van der Waals surface area contributed by atoms with E-state index in [1.807, 2.05) is 18.7 Å². The first kappa shape index (κ1) is 8.31. The van der Waals surface area contributed by atoms with Crippen molar-refractivity contribution in [1.29, 1.82) is 0 Å². The molecule has 2 heteroatoms. The summed E-state index contributed by atoms with van der Waals surface area (Å²) in [6.45, 7) is 6.72. The van der Waals surface area contributed by atoms with E-state index >= 15 is 0 Å². The van der Waals surface area contributed by atoms with Crippen LogP contribution in [-0.2, 0) is 0 Å². The summed E-state index contributed by atoms with van der Waals surface area (Å²) in [7, 11) is 0. The van der Waals surface area contributed by atoms with Crippen LogP contribution in [-0.4, -0.2) is 9.55 Å². The molecular formula is C9H16N2. The molecule has 1 rings (SSSR count). The number of nitrogens with zero attached hydrogens (tertiary/aromatic N) is 2. The van der Waals surface area contributed by atoms with Gasteiger partial charge in [0.2, 0.25) is 0 Å². The standard InChI is InChI=1S/C9H16N2/c1-4-8(2)9(3)11-6-5-10-7-11/h5-9H,4H2,1-3H3. The normalized spacial score (nSPS) is 16.3. The Hall–Kier alpha value is -0.790. The van der Waals surface area contributed by atoms with Gasteiger partial charge < -0.3 is 4.57 Å². The fourth-order valence-electron chi connectivity index (χ4n) is 1.15. The van der Waals surface area contributed by atoms with Crippen molar-refractivity contribution in [3.8, 4) is 0 Å². The van der Waals surface area contributed by atoms with Crippen LogP contribution in [0.15, 0.2) is 18.7 Å². The van der Waals surface area contributed by atoms with Crippen molar-refractivity contribution in [3.63, 3.8) is 0 Å². The van der Waals surface area contributed by atoms with Crippen LogP contribution in [0.5, 0.6) is 0 Å². The molecule has 0 aliphatic carbocycles. The van der Waals surface area contributed by atoms with Crippen LogP contribution in [0.1, 0.15) is 33.2 Å². The first-order valence-corrected chi connectivity index (χ1v) is 4.23. The Labute approximate surface area is 68.3 Å². The maximum atomic E-state index is 4.02. The van der Waals surface area contributed by atoms with Crippen LogP contribution in [0.3, 0.4) is 0 Å². The molecule has 2 atom stereocenters. The molecule has 0 saturated carbocycles. The van der Waals surface area contributed by atoms with Crippen LogP contribution in [0, 0.1) is 5.92 Å². The first-order chi connectivity index (χ1) is 5.25. The lowest BCUT2D eigenvalue weighted by Gasteiger charge is -2.19. The predicted octanol–water partition coefficient (Wildman–Crippen LogP) is 2.49. The highest BCUT2D eigenvalue weighted by molar-refractivity contribution is 4.80. The summed E-state index contributed by atoms with van der Waals surface area (Å²) < 4.78 is 2.16. The highest BCUT2D eigenvalue weighted by Crippen LogP contribution is 2.18. The summed E-state index contributed by atoms with van der Waals surface area (Å²) in [5.74, 6) is 0.726. The molecule has 0 saturated heterocycles. The van der Waals surface area contributed by atoms with Gasteiger partial charge in [-0.05, 0) is 12.8 Å². The molecule has 0 N–H and O–H groups in total. The molecule has 0 aliphatic rings. The zero-order valence-corrected chi connectivity index (χ0v) is 7.49. The van der Waals surface area contributed by atoms with Crippen molar-refractivity contribution in [1.82, 2.24) is 9.55 Å². The number of aromatic nitrogens is 2. The van der Waals surface area contributed by atoms with E-state index in [1.165, 1.54) is 6.42 Å². The van der Waals surface area contributed by atoms with Gasteiger partial charge in [-0.2, -0.15) is 0 Å². The molecule has 1 aromatic heterocycles. The van der Waals surface area contributed by atoms with Gasteiger partial charge in [0.1, 0.15) is 0 Å². The Morgan fingerprint density at radius 2 is 2.18 bits per heavy atom.